The lowest BCUT2D eigenvalue weighted by atomic mass is 9.43. The van der Waals surface area contributed by atoms with E-state index in [4.69, 9.17) is 5.73 Å². The van der Waals surface area contributed by atoms with E-state index >= 15 is 0 Å². The topological polar surface area (TPSA) is 103 Å². The highest BCUT2D eigenvalue weighted by Crippen LogP contribution is 2.68. The normalized spacial score (nSPS) is 37.8. The lowest BCUT2D eigenvalue weighted by molar-refractivity contribution is -0.167. The first-order valence-electron chi connectivity index (χ1n) is 18.5. The number of nitrogens with zero attached hydrogens (tertiary/aromatic N) is 1. The van der Waals surface area contributed by atoms with Gasteiger partial charge in [-0.2, -0.15) is 0 Å². The zero-order valence-electron chi connectivity index (χ0n) is 28.6. The summed E-state index contributed by atoms with van der Waals surface area (Å²) in [4.78, 5) is 14.7. The number of nitrogens with one attached hydrogen (secondary N) is 3. The maximum absolute atomic E-state index is 12.7. The Bertz CT molecular complexity index is 853. The van der Waals surface area contributed by atoms with Gasteiger partial charge in [-0.25, -0.2) is 0 Å². The van der Waals surface area contributed by atoms with Crippen LogP contribution in [0.5, 0.6) is 0 Å². The monoisotopic (exact) mass is 604 g/mol. The van der Waals surface area contributed by atoms with Crippen LogP contribution in [0, 0.1) is 46.3 Å². The highest BCUT2D eigenvalue weighted by molar-refractivity contribution is 5.76. The van der Waals surface area contributed by atoms with Crippen LogP contribution in [-0.4, -0.2) is 80.4 Å². The summed E-state index contributed by atoms with van der Waals surface area (Å²) in [5, 5.41) is 22.7. The third kappa shape index (κ3) is 7.99. The van der Waals surface area contributed by atoms with Gasteiger partial charge in [0.15, 0.2) is 0 Å². The van der Waals surface area contributed by atoms with Gasteiger partial charge in [0.2, 0.25) is 5.91 Å². The highest BCUT2D eigenvalue weighted by atomic mass is 16.3. The Balaban J connectivity index is 1.25. The van der Waals surface area contributed by atoms with Crippen LogP contribution < -0.4 is 21.7 Å². The van der Waals surface area contributed by atoms with E-state index < -0.39 is 0 Å². The van der Waals surface area contributed by atoms with E-state index in [9.17, 15) is 9.90 Å². The fourth-order valence-corrected chi connectivity index (χ4v) is 10.8. The molecule has 6 N–H and O–H groups in total. The molecule has 7 heteroatoms. The minimum atomic E-state index is -0.146. The van der Waals surface area contributed by atoms with Crippen LogP contribution in [-0.2, 0) is 4.79 Å². The average molecular weight is 604 g/mol. The summed E-state index contributed by atoms with van der Waals surface area (Å²) in [6.45, 7) is 19.3. The first kappa shape index (κ1) is 35.1. The van der Waals surface area contributed by atoms with Gasteiger partial charge in [-0.05, 0) is 157 Å². The summed E-state index contributed by atoms with van der Waals surface area (Å²) in [5.74, 6) is 4.00. The van der Waals surface area contributed by atoms with Gasteiger partial charge in [0.1, 0.15) is 0 Å². The quantitative estimate of drug-likeness (QED) is 0.154. The van der Waals surface area contributed by atoms with Crippen LogP contribution in [0.3, 0.4) is 0 Å². The molecule has 4 saturated carbocycles. The zero-order chi connectivity index (χ0) is 31.0. The second kappa shape index (κ2) is 16.2. The van der Waals surface area contributed by atoms with Crippen molar-refractivity contribution in [3.63, 3.8) is 0 Å². The van der Waals surface area contributed by atoms with E-state index in [2.05, 4.69) is 50.6 Å². The van der Waals surface area contributed by atoms with Gasteiger partial charge in [0, 0.05) is 38.6 Å². The molecule has 0 spiro atoms. The highest BCUT2D eigenvalue weighted by Gasteiger charge is 2.62. The molecule has 250 valence electrons. The van der Waals surface area contributed by atoms with Crippen molar-refractivity contribution in [3.8, 4) is 0 Å². The van der Waals surface area contributed by atoms with Crippen molar-refractivity contribution >= 4 is 5.91 Å². The lowest BCUT2D eigenvalue weighted by Gasteiger charge is -2.62. The fraction of sp³-hybridized carbons (Fsp3) is 0.972. The van der Waals surface area contributed by atoms with E-state index in [1.54, 1.807) is 0 Å². The number of fused-ring (bicyclic) bond motifs is 5. The van der Waals surface area contributed by atoms with Crippen molar-refractivity contribution in [1.29, 1.82) is 0 Å². The van der Waals surface area contributed by atoms with Gasteiger partial charge in [0.25, 0.3) is 0 Å². The van der Waals surface area contributed by atoms with Gasteiger partial charge in [0.05, 0.1) is 6.10 Å². The molecule has 0 radical (unpaired) electrons. The molecule has 4 fully saturated rings. The first-order chi connectivity index (χ1) is 20.7. The molecule has 10 atom stereocenters. The molecular formula is C36H69N5O2. The summed E-state index contributed by atoms with van der Waals surface area (Å²) in [7, 11) is 0. The summed E-state index contributed by atoms with van der Waals surface area (Å²) >= 11 is 0. The zero-order valence-corrected chi connectivity index (χ0v) is 28.6. The molecule has 0 heterocycles. The molecule has 0 saturated heterocycles. The molecule has 43 heavy (non-hydrogen) atoms. The number of amides is 1. The second-order valence-corrected chi connectivity index (χ2v) is 15.5. The van der Waals surface area contributed by atoms with Crippen molar-refractivity contribution in [2.24, 2.45) is 52.1 Å². The minimum Gasteiger partial charge on any atom is -0.393 e. The molecule has 4 rings (SSSR count). The molecule has 0 aromatic rings. The molecule has 4 unspecified atom stereocenters. The van der Waals surface area contributed by atoms with Crippen molar-refractivity contribution < 1.29 is 9.90 Å². The first-order valence-corrected chi connectivity index (χ1v) is 18.5. The predicted octanol–water partition coefficient (Wildman–Crippen LogP) is 4.78. The van der Waals surface area contributed by atoms with Gasteiger partial charge in [-0.1, -0.05) is 20.8 Å². The van der Waals surface area contributed by atoms with Crippen LogP contribution in [0.2, 0.25) is 0 Å². The number of hydrogen-bond donors (Lipinski definition) is 5. The van der Waals surface area contributed by atoms with Gasteiger partial charge in [-0.3, -0.25) is 4.79 Å². The van der Waals surface area contributed by atoms with Crippen molar-refractivity contribution in [2.75, 3.05) is 52.4 Å². The molecule has 4 aliphatic carbocycles. The van der Waals surface area contributed by atoms with Crippen molar-refractivity contribution in [2.45, 2.75) is 124 Å². The second-order valence-electron chi connectivity index (χ2n) is 15.5. The van der Waals surface area contributed by atoms with Crippen LogP contribution >= 0.6 is 0 Å². The van der Waals surface area contributed by atoms with Crippen LogP contribution in [0.15, 0.2) is 0 Å². The Morgan fingerprint density at radius 3 is 2.28 bits per heavy atom. The van der Waals surface area contributed by atoms with Crippen molar-refractivity contribution in [3.05, 3.63) is 0 Å². The molecule has 7 nitrogen and oxygen atoms in total. The summed E-state index contributed by atoms with van der Waals surface area (Å²) in [6, 6.07) is 0.601. The van der Waals surface area contributed by atoms with E-state index in [0.717, 1.165) is 78.0 Å². The predicted molar refractivity (Wildman–Crippen MR) is 179 cm³/mol. The Morgan fingerprint density at radius 2 is 1.58 bits per heavy atom. The summed E-state index contributed by atoms with van der Waals surface area (Å²) < 4.78 is 0. The number of hydrogen-bond acceptors (Lipinski definition) is 6. The number of rotatable bonds is 17. The fourth-order valence-electron chi connectivity index (χ4n) is 10.8. The number of nitrogens with two attached hydrogens (primary N) is 1. The third-order valence-corrected chi connectivity index (χ3v) is 13.4. The van der Waals surface area contributed by atoms with E-state index in [-0.39, 0.29) is 6.10 Å². The molecule has 1 amide bonds. The largest absolute Gasteiger partial charge is 0.393 e. The van der Waals surface area contributed by atoms with Gasteiger partial charge in [-0.15, -0.1) is 0 Å². The molecule has 0 aromatic carbocycles. The molecule has 0 aromatic heterocycles. The smallest absolute Gasteiger partial charge is 0.222 e. The standard InChI is InChI=1S/C36H69N5O2/c1-6-41(7-2)33(43)13-10-26(3)29-11-12-30-34-31(15-17-36(29,30)5)35(4)16-14-28(24-27(35)25-32(34)42)40-21-9-20-39-23-22-38-19-8-18-37/h26-32,34,38-40,42H,6-25,37H2,1-5H3/t26-,27?,28+,29-,30?,31?,32-,34?,35+,36-/m1/s1. The van der Waals surface area contributed by atoms with Crippen LogP contribution in [0.25, 0.3) is 0 Å². The Labute approximate surface area is 264 Å². The third-order valence-electron chi connectivity index (χ3n) is 13.4. The maximum Gasteiger partial charge on any atom is 0.222 e. The Hall–Kier alpha value is -0.730. The Morgan fingerprint density at radius 1 is 0.907 bits per heavy atom. The number of carbonyl (C=O) groups is 1. The molecule has 0 aliphatic heterocycles. The maximum atomic E-state index is 12.7. The minimum absolute atomic E-state index is 0.146. The lowest BCUT2D eigenvalue weighted by Crippen LogP contribution is -2.59. The molecular weight excluding hydrogens is 534 g/mol. The summed E-state index contributed by atoms with van der Waals surface area (Å²) in [5.41, 5.74) is 6.24. The van der Waals surface area contributed by atoms with Gasteiger partial charge < -0.3 is 31.7 Å². The number of carbonyl (C=O) groups excluding carboxylic acids is 1. The van der Waals surface area contributed by atoms with E-state index in [1.165, 1.54) is 44.9 Å². The van der Waals surface area contributed by atoms with Gasteiger partial charge >= 0.3 is 0 Å². The van der Waals surface area contributed by atoms with E-state index in [1.807, 2.05) is 4.90 Å². The average Bonchev–Trinajstić information content (AvgIpc) is 3.35. The van der Waals surface area contributed by atoms with Crippen molar-refractivity contribution in [1.82, 2.24) is 20.9 Å². The number of aliphatic hydroxyl groups excluding tert-OH is 1. The number of aliphatic hydroxyl groups is 1. The Kier molecular flexibility index (Phi) is 13.2. The van der Waals surface area contributed by atoms with E-state index in [0.29, 0.717) is 64.7 Å². The molecule has 4 aliphatic rings. The summed E-state index contributed by atoms with van der Waals surface area (Å²) in [6.07, 6.45) is 13.7. The SMILES string of the molecule is CCN(CC)C(=O)CC[C@@H](C)[C@H]1CCC2C3C(CC[C@@]21C)[C@@]1(C)CC[C@H](NCCCNCCNCCCN)CC1C[C@H]3O. The molecule has 0 bridgehead atoms. The van der Waals surface area contributed by atoms with Crippen LogP contribution in [0.4, 0.5) is 0 Å². The van der Waals surface area contributed by atoms with Crippen LogP contribution in [0.1, 0.15) is 112 Å².